The van der Waals surface area contributed by atoms with Crippen molar-refractivity contribution in [3.05, 3.63) is 79.1 Å². The fourth-order valence-corrected chi connectivity index (χ4v) is 3.03. The molecule has 4 aromatic rings. The van der Waals surface area contributed by atoms with Crippen molar-refractivity contribution in [2.45, 2.75) is 12.8 Å². The van der Waals surface area contributed by atoms with Crippen LogP contribution in [0.25, 0.3) is 16.9 Å². The van der Waals surface area contributed by atoms with Gasteiger partial charge in [-0.3, -0.25) is 0 Å². The Morgan fingerprint density at radius 1 is 0.857 bits per heavy atom. The summed E-state index contributed by atoms with van der Waals surface area (Å²) in [5.41, 5.74) is 9.29. The molecule has 0 fully saturated rings. The number of aromatic nitrogens is 2. The van der Waals surface area contributed by atoms with E-state index in [1.807, 2.05) is 83.5 Å². The molecule has 0 saturated carbocycles. The molecular formula is C23H23N3O2. The van der Waals surface area contributed by atoms with E-state index < -0.39 is 0 Å². The van der Waals surface area contributed by atoms with Crippen molar-refractivity contribution in [1.29, 1.82) is 0 Å². The summed E-state index contributed by atoms with van der Waals surface area (Å²) in [6.45, 7) is 1.30. The predicted molar refractivity (Wildman–Crippen MR) is 112 cm³/mol. The van der Waals surface area contributed by atoms with Crippen LogP contribution in [0.2, 0.25) is 0 Å². The number of nitrogens with two attached hydrogens (primary N) is 1. The maximum atomic E-state index is 5.98. The van der Waals surface area contributed by atoms with Gasteiger partial charge in [0, 0.05) is 23.6 Å². The standard InChI is InChI=1S/C23H23N3O2/c24-19-9-6-8-18(16-19)21-17-26-13-7-12-22(23(26)25-21)28-15-5-4-14-27-20-10-2-1-3-11-20/h1-3,6-13,16-17H,4-5,14-15,24H2. The van der Waals surface area contributed by atoms with Gasteiger partial charge in [-0.25, -0.2) is 4.98 Å². The zero-order chi connectivity index (χ0) is 19.2. The fourth-order valence-electron chi connectivity index (χ4n) is 3.03. The largest absolute Gasteiger partial charge is 0.494 e. The topological polar surface area (TPSA) is 61.8 Å². The Kier molecular flexibility index (Phi) is 5.43. The van der Waals surface area contributed by atoms with Crippen molar-refractivity contribution in [1.82, 2.24) is 9.38 Å². The molecule has 0 aliphatic carbocycles. The lowest BCUT2D eigenvalue weighted by atomic mass is 10.1. The number of unbranched alkanes of at least 4 members (excludes halogenated alkanes) is 1. The second-order valence-corrected chi connectivity index (χ2v) is 6.57. The molecule has 2 N–H and O–H groups in total. The summed E-state index contributed by atoms with van der Waals surface area (Å²) < 4.78 is 13.7. The van der Waals surface area contributed by atoms with Crippen molar-refractivity contribution in [2.24, 2.45) is 0 Å². The molecule has 0 spiro atoms. The van der Waals surface area contributed by atoms with E-state index >= 15 is 0 Å². The number of nitrogens with zero attached hydrogens (tertiary/aromatic N) is 2. The van der Waals surface area contributed by atoms with Gasteiger partial charge in [-0.1, -0.05) is 30.3 Å². The number of imidazole rings is 1. The molecule has 5 nitrogen and oxygen atoms in total. The van der Waals surface area contributed by atoms with Crippen LogP contribution in [0.3, 0.4) is 0 Å². The fraction of sp³-hybridized carbons (Fsp3) is 0.174. The highest BCUT2D eigenvalue weighted by atomic mass is 16.5. The van der Waals surface area contributed by atoms with Gasteiger partial charge in [0.15, 0.2) is 11.4 Å². The van der Waals surface area contributed by atoms with Crippen molar-refractivity contribution < 1.29 is 9.47 Å². The van der Waals surface area contributed by atoms with E-state index in [4.69, 9.17) is 20.2 Å². The second kappa shape index (κ2) is 8.48. The monoisotopic (exact) mass is 373 g/mol. The zero-order valence-corrected chi connectivity index (χ0v) is 15.6. The lowest BCUT2D eigenvalue weighted by Crippen LogP contribution is -2.03. The molecule has 0 radical (unpaired) electrons. The summed E-state index contributed by atoms with van der Waals surface area (Å²) in [6.07, 6.45) is 5.81. The Labute approximate surface area is 164 Å². The highest BCUT2D eigenvalue weighted by Crippen LogP contribution is 2.25. The zero-order valence-electron chi connectivity index (χ0n) is 15.6. The normalized spacial score (nSPS) is 10.9. The van der Waals surface area contributed by atoms with Crippen LogP contribution in [-0.4, -0.2) is 22.6 Å². The van der Waals surface area contributed by atoms with Crippen LogP contribution >= 0.6 is 0 Å². The average Bonchev–Trinajstić information content (AvgIpc) is 3.16. The number of pyridine rings is 1. The van der Waals surface area contributed by atoms with Gasteiger partial charge in [0.2, 0.25) is 0 Å². The third-order valence-corrected chi connectivity index (χ3v) is 4.44. The quantitative estimate of drug-likeness (QED) is 0.355. The molecule has 28 heavy (non-hydrogen) atoms. The van der Waals surface area contributed by atoms with E-state index in [2.05, 4.69) is 0 Å². The minimum Gasteiger partial charge on any atom is -0.494 e. The summed E-state index contributed by atoms with van der Waals surface area (Å²) >= 11 is 0. The third kappa shape index (κ3) is 4.26. The molecule has 0 unspecified atom stereocenters. The minimum atomic E-state index is 0.623. The van der Waals surface area contributed by atoms with Crippen molar-refractivity contribution in [3.8, 4) is 22.8 Å². The minimum absolute atomic E-state index is 0.623. The molecule has 142 valence electrons. The summed E-state index contributed by atoms with van der Waals surface area (Å²) in [7, 11) is 0. The van der Waals surface area contributed by atoms with Crippen LogP contribution in [-0.2, 0) is 0 Å². The Balaban J connectivity index is 1.35. The van der Waals surface area contributed by atoms with E-state index in [1.54, 1.807) is 0 Å². The van der Waals surface area contributed by atoms with Gasteiger partial charge in [-0.2, -0.15) is 0 Å². The van der Waals surface area contributed by atoms with E-state index in [-0.39, 0.29) is 0 Å². The van der Waals surface area contributed by atoms with Crippen LogP contribution in [0.15, 0.2) is 79.1 Å². The molecule has 0 aliphatic heterocycles. The summed E-state index contributed by atoms with van der Waals surface area (Å²) in [5.74, 6) is 1.68. The van der Waals surface area contributed by atoms with Crippen LogP contribution in [0.4, 0.5) is 5.69 Å². The van der Waals surface area contributed by atoms with E-state index in [1.165, 1.54) is 0 Å². The van der Waals surface area contributed by atoms with Gasteiger partial charge in [0.25, 0.3) is 0 Å². The van der Waals surface area contributed by atoms with Crippen molar-refractivity contribution in [3.63, 3.8) is 0 Å². The SMILES string of the molecule is Nc1cccc(-c2cn3cccc(OCCCCOc4ccccc4)c3n2)c1. The highest BCUT2D eigenvalue weighted by Gasteiger charge is 2.09. The molecular weight excluding hydrogens is 350 g/mol. The molecule has 4 rings (SSSR count). The molecule has 2 aromatic heterocycles. The number of benzene rings is 2. The summed E-state index contributed by atoms with van der Waals surface area (Å²) in [5, 5.41) is 0. The average molecular weight is 373 g/mol. The van der Waals surface area contributed by atoms with E-state index in [9.17, 15) is 0 Å². The lowest BCUT2D eigenvalue weighted by Gasteiger charge is -2.08. The first-order chi connectivity index (χ1) is 13.8. The van der Waals surface area contributed by atoms with Crippen LogP contribution in [0.5, 0.6) is 11.5 Å². The lowest BCUT2D eigenvalue weighted by molar-refractivity contribution is 0.267. The molecule has 0 aliphatic rings. The van der Waals surface area contributed by atoms with Crippen molar-refractivity contribution >= 4 is 11.3 Å². The number of hydrogen-bond donors (Lipinski definition) is 1. The number of nitrogen functional groups attached to an aromatic ring is 1. The number of para-hydroxylation sites is 1. The molecule has 2 aromatic carbocycles. The first-order valence-corrected chi connectivity index (χ1v) is 9.44. The second-order valence-electron chi connectivity index (χ2n) is 6.57. The van der Waals surface area contributed by atoms with Gasteiger partial charge in [-0.15, -0.1) is 0 Å². The predicted octanol–water partition coefficient (Wildman–Crippen LogP) is 4.82. The van der Waals surface area contributed by atoms with E-state index in [0.29, 0.717) is 13.2 Å². The third-order valence-electron chi connectivity index (χ3n) is 4.44. The Morgan fingerprint density at radius 3 is 2.50 bits per heavy atom. The molecule has 0 bridgehead atoms. The molecule has 0 amide bonds. The maximum Gasteiger partial charge on any atom is 0.180 e. The van der Waals surface area contributed by atoms with Gasteiger partial charge >= 0.3 is 0 Å². The molecule has 5 heteroatoms. The van der Waals surface area contributed by atoms with E-state index in [0.717, 1.165) is 46.9 Å². The number of anilines is 1. The van der Waals surface area contributed by atoms with Crippen LogP contribution in [0.1, 0.15) is 12.8 Å². The number of hydrogen-bond acceptors (Lipinski definition) is 4. The van der Waals surface area contributed by atoms with Crippen molar-refractivity contribution in [2.75, 3.05) is 18.9 Å². The first kappa shape index (κ1) is 17.9. The van der Waals surface area contributed by atoms with Crippen LogP contribution in [0, 0.1) is 0 Å². The van der Waals surface area contributed by atoms with Gasteiger partial charge in [-0.05, 0) is 49.2 Å². The summed E-state index contributed by atoms with van der Waals surface area (Å²) in [4.78, 5) is 4.74. The smallest absolute Gasteiger partial charge is 0.180 e. The van der Waals surface area contributed by atoms with Gasteiger partial charge in [0.05, 0.1) is 18.9 Å². The number of fused-ring (bicyclic) bond motifs is 1. The maximum absolute atomic E-state index is 5.98. The first-order valence-electron chi connectivity index (χ1n) is 9.44. The molecule has 0 atom stereocenters. The Morgan fingerprint density at radius 2 is 1.68 bits per heavy atom. The highest BCUT2D eigenvalue weighted by molar-refractivity contribution is 5.68. The summed E-state index contributed by atoms with van der Waals surface area (Å²) in [6, 6.07) is 21.5. The van der Waals surface area contributed by atoms with Gasteiger partial charge in [0.1, 0.15) is 5.75 Å². The Hall–Kier alpha value is -3.47. The molecule has 2 heterocycles. The van der Waals surface area contributed by atoms with Gasteiger partial charge < -0.3 is 19.6 Å². The molecule has 0 saturated heterocycles. The Bertz CT molecular complexity index is 1040. The number of ether oxygens (including phenoxy) is 2. The number of rotatable bonds is 8. The van der Waals surface area contributed by atoms with Crippen LogP contribution < -0.4 is 15.2 Å².